The Morgan fingerprint density at radius 1 is 1.13 bits per heavy atom. The van der Waals surface area contributed by atoms with E-state index in [1.165, 1.54) is 11.1 Å². The average Bonchev–Trinajstić information content (AvgIpc) is 2.97. The van der Waals surface area contributed by atoms with Gasteiger partial charge < -0.3 is 0 Å². The Kier molecular flexibility index (Phi) is 4.44. The van der Waals surface area contributed by atoms with Crippen molar-refractivity contribution < 1.29 is 9.59 Å². The summed E-state index contributed by atoms with van der Waals surface area (Å²) in [5.41, 5.74) is 4.42. The molecule has 1 aliphatic heterocycles. The van der Waals surface area contributed by atoms with E-state index in [0.29, 0.717) is 5.02 Å². The molecule has 5 heteroatoms. The van der Waals surface area contributed by atoms with E-state index < -0.39 is 0 Å². The number of halogens is 1. The summed E-state index contributed by atoms with van der Waals surface area (Å²) in [5, 5.41) is 2.02. The van der Waals surface area contributed by atoms with Crippen LogP contribution in [0, 0.1) is 0 Å². The molecule has 3 rings (SSSR count). The second kappa shape index (κ2) is 6.67. The predicted molar refractivity (Wildman–Crippen MR) is 89.3 cm³/mol. The van der Waals surface area contributed by atoms with Crippen LogP contribution in [0.2, 0.25) is 5.02 Å². The molecule has 0 aromatic heterocycles. The van der Waals surface area contributed by atoms with Crippen molar-refractivity contribution in [1.29, 1.82) is 0 Å². The van der Waals surface area contributed by atoms with Crippen molar-refractivity contribution in [3.63, 3.8) is 0 Å². The minimum atomic E-state index is -0.286. The second-order valence-corrected chi connectivity index (χ2v) is 5.70. The molecule has 2 aromatic carbocycles. The van der Waals surface area contributed by atoms with Gasteiger partial charge in [-0.3, -0.25) is 15.0 Å². The van der Waals surface area contributed by atoms with Gasteiger partial charge in [0.25, 0.3) is 5.91 Å². The molecular formula is C18H15ClN2O2. The van der Waals surface area contributed by atoms with E-state index in [2.05, 4.69) is 5.43 Å². The number of hydrogen-bond acceptors (Lipinski definition) is 2. The number of nitrogens with one attached hydrogen (secondary N) is 1. The van der Waals surface area contributed by atoms with Crippen LogP contribution in [0.4, 0.5) is 0 Å². The maximum absolute atomic E-state index is 12.4. The monoisotopic (exact) mass is 326 g/mol. The highest BCUT2D eigenvalue weighted by atomic mass is 35.5. The average molecular weight is 327 g/mol. The standard InChI is InChI=1S/C18H15ClN2O2/c19-15-9-6-13(7-10-15)8-11-18(23)21-16(12-17(22)20-21)14-4-2-1-3-5-14/h1-11,16H,12H2,(H,20,22)/b11-8+. The Labute approximate surface area is 139 Å². The summed E-state index contributed by atoms with van der Waals surface area (Å²) < 4.78 is 0. The lowest BCUT2D eigenvalue weighted by atomic mass is 10.0. The number of carbonyl (C=O) groups excluding carboxylic acids is 2. The lowest BCUT2D eigenvalue weighted by Gasteiger charge is -2.22. The van der Waals surface area contributed by atoms with E-state index in [4.69, 9.17) is 11.6 Å². The highest BCUT2D eigenvalue weighted by Gasteiger charge is 2.33. The zero-order valence-electron chi connectivity index (χ0n) is 12.3. The zero-order chi connectivity index (χ0) is 16.2. The summed E-state index contributed by atoms with van der Waals surface area (Å²) in [6, 6.07) is 16.4. The quantitative estimate of drug-likeness (QED) is 0.879. The summed E-state index contributed by atoms with van der Waals surface area (Å²) >= 11 is 5.83. The molecule has 0 aliphatic carbocycles. The molecular weight excluding hydrogens is 312 g/mol. The molecule has 1 aliphatic rings. The van der Waals surface area contributed by atoms with Crippen molar-refractivity contribution in [2.45, 2.75) is 12.5 Å². The first-order valence-corrected chi connectivity index (χ1v) is 7.62. The maximum Gasteiger partial charge on any atom is 0.265 e. The molecule has 4 nitrogen and oxygen atoms in total. The molecule has 1 heterocycles. The summed E-state index contributed by atoms with van der Waals surface area (Å²) in [6.45, 7) is 0. The van der Waals surface area contributed by atoms with Gasteiger partial charge in [-0.25, -0.2) is 5.01 Å². The van der Waals surface area contributed by atoms with Crippen molar-refractivity contribution in [2.75, 3.05) is 0 Å². The predicted octanol–water partition coefficient (Wildman–Crippen LogP) is 3.36. The molecule has 0 spiro atoms. The van der Waals surface area contributed by atoms with Crippen LogP contribution >= 0.6 is 11.6 Å². The summed E-state index contributed by atoms with van der Waals surface area (Å²) in [7, 11) is 0. The maximum atomic E-state index is 12.4. The van der Waals surface area contributed by atoms with Gasteiger partial charge in [0.1, 0.15) is 0 Å². The fraction of sp³-hybridized carbons (Fsp3) is 0.111. The number of rotatable bonds is 3. The van der Waals surface area contributed by atoms with E-state index in [9.17, 15) is 9.59 Å². The van der Waals surface area contributed by atoms with Crippen LogP contribution in [0.1, 0.15) is 23.6 Å². The van der Waals surface area contributed by atoms with Gasteiger partial charge in [-0.1, -0.05) is 54.1 Å². The summed E-state index contributed by atoms with van der Waals surface area (Å²) in [5.74, 6) is -0.424. The van der Waals surface area contributed by atoms with Crippen molar-refractivity contribution in [2.24, 2.45) is 0 Å². The van der Waals surface area contributed by atoms with E-state index in [0.717, 1.165) is 11.1 Å². The van der Waals surface area contributed by atoms with E-state index in [1.807, 2.05) is 42.5 Å². The van der Waals surface area contributed by atoms with Crippen LogP contribution in [0.15, 0.2) is 60.7 Å². The minimum absolute atomic E-state index is 0.160. The normalized spacial score (nSPS) is 17.5. The fourth-order valence-corrected chi connectivity index (χ4v) is 2.62. The van der Waals surface area contributed by atoms with Crippen molar-refractivity contribution in [1.82, 2.24) is 10.4 Å². The Morgan fingerprint density at radius 2 is 1.83 bits per heavy atom. The van der Waals surface area contributed by atoms with Gasteiger partial charge in [-0.05, 0) is 29.3 Å². The molecule has 1 fully saturated rings. The molecule has 23 heavy (non-hydrogen) atoms. The summed E-state index contributed by atoms with van der Waals surface area (Å²) in [4.78, 5) is 24.1. The molecule has 1 atom stereocenters. The molecule has 0 radical (unpaired) electrons. The first-order chi connectivity index (χ1) is 11.1. The smallest absolute Gasteiger partial charge is 0.265 e. The van der Waals surface area contributed by atoms with Crippen LogP contribution < -0.4 is 5.43 Å². The number of hydrogen-bond donors (Lipinski definition) is 1. The largest absolute Gasteiger partial charge is 0.273 e. The van der Waals surface area contributed by atoms with E-state index in [1.54, 1.807) is 18.2 Å². The van der Waals surface area contributed by atoms with Crippen LogP contribution in [0.25, 0.3) is 6.08 Å². The molecule has 1 N–H and O–H groups in total. The Bertz CT molecular complexity index is 741. The summed E-state index contributed by atoms with van der Waals surface area (Å²) in [6.07, 6.45) is 3.42. The third-order valence-corrected chi connectivity index (χ3v) is 3.90. The van der Waals surface area contributed by atoms with Gasteiger partial charge in [-0.15, -0.1) is 0 Å². The van der Waals surface area contributed by atoms with Gasteiger partial charge >= 0.3 is 0 Å². The SMILES string of the molecule is O=C1CC(c2ccccc2)N(C(=O)/C=C/c2ccc(Cl)cc2)N1. The van der Waals surface area contributed by atoms with Crippen LogP contribution in [0.5, 0.6) is 0 Å². The van der Waals surface area contributed by atoms with Crippen molar-refractivity contribution >= 4 is 29.5 Å². The first-order valence-electron chi connectivity index (χ1n) is 7.25. The van der Waals surface area contributed by atoms with Crippen LogP contribution in [-0.4, -0.2) is 16.8 Å². The third-order valence-electron chi connectivity index (χ3n) is 3.65. The van der Waals surface area contributed by atoms with Gasteiger partial charge in [-0.2, -0.15) is 0 Å². The number of hydrazine groups is 1. The Hall–Kier alpha value is -2.59. The fourth-order valence-electron chi connectivity index (χ4n) is 2.50. The topological polar surface area (TPSA) is 49.4 Å². The second-order valence-electron chi connectivity index (χ2n) is 5.26. The zero-order valence-corrected chi connectivity index (χ0v) is 13.0. The lowest BCUT2D eigenvalue weighted by Crippen LogP contribution is -2.39. The first kappa shape index (κ1) is 15.3. The molecule has 2 aromatic rings. The number of amides is 2. The molecule has 0 saturated carbocycles. The van der Waals surface area contributed by atoms with E-state index in [-0.39, 0.29) is 24.3 Å². The number of benzene rings is 2. The highest BCUT2D eigenvalue weighted by molar-refractivity contribution is 6.30. The molecule has 2 amide bonds. The highest BCUT2D eigenvalue weighted by Crippen LogP contribution is 2.27. The minimum Gasteiger partial charge on any atom is -0.273 e. The molecule has 116 valence electrons. The van der Waals surface area contributed by atoms with Gasteiger partial charge in [0.05, 0.1) is 12.5 Å². The van der Waals surface area contributed by atoms with Gasteiger partial charge in [0.2, 0.25) is 5.91 Å². The van der Waals surface area contributed by atoms with Gasteiger partial charge in [0.15, 0.2) is 0 Å². The Morgan fingerprint density at radius 3 is 2.52 bits per heavy atom. The van der Waals surface area contributed by atoms with E-state index >= 15 is 0 Å². The number of nitrogens with zero attached hydrogens (tertiary/aromatic N) is 1. The van der Waals surface area contributed by atoms with Crippen LogP contribution in [-0.2, 0) is 9.59 Å². The number of carbonyl (C=O) groups is 2. The molecule has 1 unspecified atom stereocenters. The van der Waals surface area contributed by atoms with Crippen LogP contribution in [0.3, 0.4) is 0 Å². The lowest BCUT2D eigenvalue weighted by molar-refractivity contribution is -0.133. The third kappa shape index (κ3) is 3.60. The van der Waals surface area contributed by atoms with Crippen molar-refractivity contribution in [3.05, 3.63) is 76.8 Å². The molecule has 0 bridgehead atoms. The molecule has 1 saturated heterocycles. The Balaban J connectivity index is 1.77. The van der Waals surface area contributed by atoms with Gasteiger partial charge in [0, 0.05) is 11.1 Å². The van der Waals surface area contributed by atoms with Crippen molar-refractivity contribution in [3.8, 4) is 0 Å².